The highest BCUT2D eigenvalue weighted by molar-refractivity contribution is 7.80. The van der Waals surface area contributed by atoms with Crippen molar-refractivity contribution in [3.05, 3.63) is 66.0 Å². The van der Waals surface area contributed by atoms with Crippen molar-refractivity contribution in [2.24, 2.45) is 5.73 Å². The number of anilines is 1. The molecule has 0 aliphatic rings. The Bertz CT molecular complexity index is 787. The molecular weight excluding hydrogens is 280 g/mol. The Balaban J connectivity index is 1.96. The number of fused-ring (bicyclic) bond motifs is 1. The maximum atomic E-state index is 5.81. The quantitative estimate of drug-likeness (QED) is 0.724. The SMILES string of the molecule is NC(=S)c1cc2ccccc2nc1NCc1cccnc1. The molecule has 21 heavy (non-hydrogen) atoms. The molecule has 0 aliphatic carbocycles. The van der Waals surface area contributed by atoms with Crippen molar-refractivity contribution in [3.63, 3.8) is 0 Å². The number of rotatable bonds is 4. The zero-order valence-corrected chi connectivity index (χ0v) is 12.1. The number of pyridine rings is 2. The molecule has 3 aromatic rings. The number of nitrogens with one attached hydrogen (secondary N) is 1. The smallest absolute Gasteiger partial charge is 0.137 e. The van der Waals surface area contributed by atoms with Crippen LogP contribution in [0.1, 0.15) is 11.1 Å². The second-order valence-corrected chi connectivity index (χ2v) is 5.10. The van der Waals surface area contributed by atoms with E-state index >= 15 is 0 Å². The molecule has 0 aliphatic heterocycles. The van der Waals surface area contributed by atoms with Crippen LogP contribution in [0.15, 0.2) is 54.9 Å². The predicted molar refractivity (Wildman–Crippen MR) is 89.2 cm³/mol. The number of hydrogen-bond donors (Lipinski definition) is 2. The summed E-state index contributed by atoms with van der Waals surface area (Å²) in [5, 5.41) is 4.30. The molecule has 2 aromatic heterocycles. The van der Waals surface area contributed by atoms with Gasteiger partial charge in [-0.2, -0.15) is 0 Å². The minimum atomic E-state index is 0.335. The first kappa shape index (κ1) is 13.5. The lowest BCUT2D eigenvalue weighted by atomic mass is 10.1. The third-order valence-corrected chi connectivity index (χ3v) is 3.39. The average Bonchev–Trinajstić information content (AvgIpc) is 2.53. The zero-order valence-electron chi connectivity index (χ0n) is 11.3. The van der Waals surface area contributed by atoms with Crippen molar-refractivity contribution < 1.29 is 0 Å². The summed E-state index contributed by atoms with van der Waals surface area (Å²) >= 11 is 5.13. The first-order valence-electron chi connectivity index (χ1n) is 6.56. The number of thiocarbonyl (C=S) groups is 1. The molecule has 0 radical (unpaired) electrons. The van der Waals surface area contributed by atoms with Crippen molar-refractivity contribution in [1.29, 1.82) is 0 Å². The Morgan fingerprint density at radius 1 is 1.19 bits per heavy atom. The zero-order chi connectivity index (χ0) is 14.7. The normalized spacial score (nSPS) is 10.5. The van der Waals surface area contributed by atoms with Crippen molar-refractivity contribution in [2.45, 2.75) is 6.54 Å². The van der Waals surface area contributed by atoms with E-state index in [2.05, 4.69) is 15.3 Å². The molecule has 0 amide bonds. The second kappa shape index (κ2) is 5.85. The number of para-hydroxylation sites is 1. The highest BCUT2D eigenvalue weighted by Gasteiger charge is 2.09. The van der Waals surface area contributed by atoms with Gasteiger partial charge in [-0.3, -0.25) is 4.98 Å². The summed E-state index contributed by atoms with van der Waals surface area (Å²) in [7, 11) is 0. The summed E-state index contributed by atoms with van der Waals surface area (Å²) in [6, 6.07) is 13.8. The molecular formula is C16H14N4S. The molecule has 4 nitrogen and oxygen atoms in total. The number of aromatic nitrogens is 2. The maximum Gasteiger partial charge on any atom is 0.137 e. The van der Waals surface area contributed by atoms with E-state index in [9.17, 15) is 0 Å². The second-order valence-electron chi connectivity index (χ2n) is 4.66. The van der Waals surface area contributed by atoms with Crippen LogP contribution in [0.25, 0.3) is 10.9 Å². The van der Waals surface area contributed by atoms with Crippen LogP contribution in [0.3, 0.4) is 0 Å². The van der Waals surface area contributed by atoms with Gasteiger partial charge in [-0.25, -0.2) is 4.98 Å². The molecule has 0 saturated carbocycles. The molecule has 0 unspecified atom stereocenters. The standard InChI is InChI=1S/C16H14N4S/c17-15(21)13-8-12-5-1-2-6-14(12)20-16(13)19-10-11-4-3-7-18-9-11/h1-9H,10H2,(H2,17,21)(H,19,20). The first-order valence-corrected chi connectivity index (χ1v) is 6.97. The van der Waals surface area contributed by atoms with Crippen LogP contribution in [0.4, 0.5) is 5.82 Å². The molecule has 0 fully saturated rings. The largest absolute Gasteiger partial charge is 0.389 e. The van der Waals surface area contributed by atoms with Crippen LogP contribution >= 0.6 is 12.2 Å². The Morgan fingerprint density at radius 2 is 2.05 bits per heavy atom. The van der Waals surface area contributed by atoms with Crippen LogP contribution in [0, 0.1) is 0 Å². The summed E-state index contributed by atoms with van der Waals surface area (Å²) < 4.78 is 0. The van der Waals surface area contributed by atoms with Gasteiger partial charge in [0.1, 0.15) is 10.8 Å². The minimum Gasteiger partial charge on any atom is -0.389 e. The fourth-order valence-corrected chi connectivity index (χ4v) is 2.28. The number of nitrogens with two attached hydrogens (primary N) is 1. The summed E-state index contributed by atoms with van der Waals surface area (Å²) in [5.41, 5.74) is 8.55. The summed E-state index contributed by atoms with van der Waals surface area (Å²) in [5.74, 6) is 0.699. The molecule has 5 heteroatoms. The Kier molecular flexibility index (Phi) is 3.75. The topological polar surface area (TPSA) is 63.8 Å². The van der Waals surface area contributed by atoms with Crippen LogP contribution in [-0.4, -0.2) is 15.0 Å². The third-order valence-electron chi connectivity index (χ3n) is 3.17. The van der Waals surface area contributed by atoms with E-state index in [0.29, 0.717) is 17.4 Å². The van der Waals surface area contributed by atoms with Gasteiger partial charge in [0.05, 0.1) is 11.1 Å². The van der Waals surface area contributed by atoms with E-state index in [1.54, 1.807) is 6.20 Å². The van der Waals surface area contributed by atoms with Gasteiger partial charge in [-0.15, -0.1) is 0 Å². The molecule has 3 N–H and O–H groups in total. The van der Waals surface area contributed by atoms with E-state index in [1.165, 1.54) is 0 Å². The van der Waals surface area contributed by atoms with Crippen LogP contribution < -0.4 is 11.1 Å². The monoisotopic (exact) mass is 294 g/mol. The Morgan fingerprint density at radius 3 is 2.81 bits per heavy atom. The minimum absolute atomic E-state index is 0.335. The van der Waals surface area contributed by atoms with Crippen LogP contribution in [-0.2, 0) is 6.54 Å². The van der Waals surface area contributed by atoms with Crippen molar-refractivity contribution >= 4 is 33.9 Å². The fourth-order valence-electron chi connectivity index (χ4n) is 2.13. The van der Waals surface area contributed by atoms with Gasteiger partial charge in [-0.1, -0.05) is 36.5 Å². The molecule has 0 spiro atoms. The highest BCUT2D eigenvalue weighted by Crippen LogP contribution is 2.21. The molecule has 0 bridgehead atoms. The van der Waals surface area contributed by atoms with Gasteiger partial charge < -0.3 is 11.1 Å². The Hall–Kier alpha value is -2.53. The predicted octanol–water partition coefficient (Wildman–Crippen LogP) is 2.88. The van der Waals surface area contributed by atoms with Gasteiger partial charge in [-0.05, 0) is 23.8 Å². The third kappa shape index (κ3) is 2.98. The van der Waals surface area contributed by atoms with Crippen molar-refractivity contribution in [1.82, 2.24) is 9.97 Å². The van der Waals surface area contributed by atoms with Gasteiger partial charge in [0.25, 0.3) is 0 Å². The first-order chi connectivity index (χ1) is 10.2. The van der Waals surface area contributed by atoms with Gasteiger partial charge in [0.2, 0.25) is 0 Å². The van der Waals surface area contributed by atoms with Gasteiger partial charge in [0.15, 0.2) is 0 Å². The number of hydrogen-bond acceptors (Lipinski definition) is 4. The highest BCUT2D eigenvalue weighted by atomic mass is 32.1. The van der Waals surface area contributed by atoms with E-state index in [0.717, 1.165) is 22.0 Å². The summed E-state index contributed by atoms with van der Waals surface area (Å²) in [6.45, 7) is 0.620. The van der Waals surface area contributed by atoms with Crippen molar-refractivity contribution in [3.8, 4) is 0 Å². The average molecular weight is 294 g/mol. The molecule has 3 rings (SSSR count). The molecule has 104 valence electrons. The maximum absolute atomic E-state index is 5.81. The lowest BCUT2D eigenvalue weighted by Gasteiger charge is -2.11. The van der Waals surface area contributed by atoms with E-state index in [1.807, 2.05) is 48.7 Å². The lowest BCUT2D eigenvalue weighted by molar-refractivity contribution is 1.09. The van der Waals surface area contributed by atoms with E-state index in [-0.39, 0.29) is 0 Å². The summed E-state index contributed by atoms with van der Waals surface area (Å²) in [6.07, 6.45) is 3.56. The van der Waals surface area contributed by atoms with Gasteiger partial charge >= 0.3 is 0 Å². The Labute approximate surface area is 128 Å². The number of benzene rings is 1. The summed E-state index contributed by atoms with van der Waals surface area (Å²) in [4.78, 5) is 9.04. The lowest BCUT2D eigenvalue weighted by Crippen LogP contribution is -2.14. The fraction of sp³-hybridized carbons (Fsp3) is 0.0625. The van der Waals surface area contributed by atoms with Crippen molar-refractivity contribution in [2.75, 3.05) is 5.32 Å². The van der Waals surface area contributed by atoms with E-state index in [4.69, 9.17) is 18.0 Å². The van der Waals surface area contributed by atoms with Gasteiger partial charge in [0, 0.05) is 24.3 Å². The van der Waals surface area contributed by atoms with E-state index < -0.39 is 0 Å². The molecule has 0 atom stereocenters. The molecule has 2 heterocycles. The van der Waals surface area contributed by atoms with Crippen LogP contribution in [0.2, 0.25) is 0 Å². The van der Waals surface area contributed by atoms with Crippen LogP contribution in [0.5, 0.6) is 0 Å². The molecule has 1 aromatic carbocycles. The number of nitrogens with zero attached hydrogens (tertiary/aromatic N) is 2. The molecule has 0 saturated heterocycles.